The maximum absolute atomic E-state index is 12.6. The molecule has 0 radical (unpaired) electrons. The first-order valence-corrected chi connectivity index (χ1v) is 8.29. The lowest BCUT2D eigenvalue weighted by atomic mass is 10.1. The number of rotatable bonds is 5. The Bertz CT molecular complexity index is 622. The molecule has 3 rings (SSSR count). The van der Waals surface area contributed by atoms with Crippen molar-refractivity contribution in [2.75, 3.05) is 25.0 Å². The Kier molecular flexibility index (Phi) is 4.24. The topological polar surface area (TPSA) is 66.7 Å². The molecule has 0 bridgehead atoms. The van der Waals surface area contributed by atoms with Crippen LogP contribution in [0, 0.1) is 16.0 Å². The van der Waals surface area contributed by atoms with Crippen molar-refractivity contribution in [2.45, 2.75) is 38.6 Å². The summed E-state index contributed by atoms with van der Waals surface area (Å²) >= 11 is 0. The Hall–Kier alpha value is -2.11. The van der Waals surface area contributed by atoms with E-state index < -0.39 is 0 Å². The van der Waals surface area contributed by atoms with Crippen molar-refractivity contribution in [1.29, 1.82) is 0 Å². The van der Waals surface area contributed by atoms with E-state index in [1.165, 1.54) is 6.07 Å². The molecule has 1 unspecified atom stereocenters. The van der Waals surface area contributed by atoms with E-state index in [0.29, 0.717) is 17.2 Å². The fraction of sp³-hybridized carbons (Fsp3) is 0.588. The monoisotopic (exact) mass is 317 g/mol. The van der Waals surface area contributed by atoms with Gasteiger partial charge in [0.25, 0.3) is 11.6 Å². The van der Waals surface area contributed by atoms with Gasteiger partial charge in [-0.3, -0.25) is 14.9 Å². The maximum atomic E-state index is 12.6. The summed E-state index contributed by atoms with van der Waals surface area (Å²) in [6, 6.07) is 5.07. The minimum absolute atomic E-state index is 0.0326. The molecule has 2 fully saturated rings. The summed E-state index contributed by atoms with van der Waals surface area (Å²) in [7, 11) is 1.78. The Balaban J connectivity index is 1.86. The molecule has 1 aromatic rings. The number of amides is 1. The van der Waals surface area contributed by atoms with Gasteiger partial charge >= 0.3 is 0 Å². The quantitative estimate of drug-likeness (QED) is 0.618. The second-order valence-electron chi connectivity index (χ2n) is 6.65. The molecule has 124 valence electrons. The molecular formula is C17H23N3O3. The van der Waals surface area contributed by atoms with E-state index >= 15 is 0 Å². The molecule has 6 heteroatoms. The third-order valence-corrected chi connectivity index (χ3v) is 5.10. The first-order valence-electron chi connectivity index (χ1n) is 8.29. The van der Waals surface area contributed by atoms with Crippen LogP contribution in [0.25, 0.3) is 0 Å². The molecular weight excluding hydrogens is 294 g/mol. The number of carbonyl (C=O) groups is 1. The summed E-state index contributed by atoms with van der Waals surface area (Å²) in [5.41, 5.74) is 1.06. The molecule has 1 aromatic carbocycles. The number of nitrogens with zero attached hydrogens (tertiary/aromatic N) is 3. The van der Waals surface area contributed by atoms with Crippen LogP contribution in [0.2, 0.25) is 0 Å². The fourth-order valence-electron chi connectivity index (χ4n) is 3.31. The number of nitro benzene ring substituents is 1. The molecule has 1 saturated carbocycles. The van der Waals surface area contributed by atoms with Crippen LogP contribution in [-0.2, 0) is 0 Å². The van der Waals surface area contributed by atoms with Crippen LogP contribution in [0.1, 0.15) is 43.0 Å². The average Bonchev–Trinajstić information content (AvgIpc) is 3.26. The summed E-state index contributed by atoms with van der Waals surface area (Å²) < 4.78 is 0. The van der Waals surface area contributed by atoms with Gasteiger partial charge < -0.3 is 9.80 Å². The Labute approximate surface area is 136 Å². The maximum Gasteiger partial charge on any atom is 0.293 e. The second kappa shape index (κ2) is 6.18. The number of carbonyl (C=O) groups excluding carboxylic acids is 1. The van der Waals surface area contributed by atoms with Gasteiger partial charge in [-0.05, 0) is 50.7 Å². The van der Waals surface area contributed by atoms with Crippen molar-refractivity contribution in [3.05, 3.63) is 33.9 Å². The average molecular weight is 317 g/mol. The lowest BCUT2D eigenvalue weighted by Crippen LogP contribution is -2.36. The van der Waals surface area contributed by atoms with Crippen LogP contribution >= 0.6 is 0 Å². The van der Waals surface area contributed by atoms with E-state index in [9.17, 15) is 14.9 Å². The van der Waals surface area contributed by atoms with E-state index in [1.807, 2.05) is 11.8 Å². The molecule has 2 aliphatic rings. The van der Waals surface area contributed by atoms with Gasteiger partial charge in [-0.25, -0.2) is 0 Å². The predicted octanol–water partition coefficient (Wildman–Crippen LogP) is 3.07. The Morgan fingerprint density at radius 2 is 2.00 bits per heavy atom. The highest BCUT2D eigenvalue weighted by atomic mass is 16.6. The minimum Gasteiger partial charge on any atom is -0.366 e. The van der Waals surface area contributed by atoms with E-state index in [2.05, 4.69) is 0 Å². The van der Waals surface area contributed by atoms with Gasteiger partial charge in [0.2, 0.25) is 0 Å². The molecule has 1 atom stereocenters. The first-order chi connectivity index (χ1) is 11.0. The number of hydrogen-bond donors (Lipinski definition) is 0. The molecule has 0 spiro atoms. The number of nitro groups is 1. The van der Waals surface area contributed by atoms with Gasteiger partial charge in [0.1, 0.15) is 5.69 Å². The smallest absolute Gasteiger partial charge is 0.293 e. The van der Waals surface area contributed by atoms with Crippen molar-refractivity contribution in [3.8, 4) is 0 Å². The molecule has 0 aromatic heterocycles. The molecule has 1 aliphatic heterocycles. The normalized spacial score (nSPS) is 18.8. The third-order valence-electron chi connectivity index (χ3n) is 5.10. The first kappa shape index (κ1) is 15.8. The highest BCUT2D eigenvalue weighted by Crippen LogP contribution is 2.36. The van der Waals surface area contributed by atoms with Gasteiger partial charge in [-0.2, -0.15) is 0 Å². The summed E-state index contributed by atoms with van der Waals surface area (Å²) in [5, 5.41) is 11.4. The fourth-order valence-corrected chi connectivity index (χ4v) is 3.31. The van der Waals surface area contributed by atoms with Crippen LogP contribution in [-0.4, -0.2) is 41.9 Å². The van der Waals surface area contributed by atoms with E-state index in [-0.39, 0.29) is 22.6 Å². The lowest BCUT2D eigenvalue weighted by Gasteiger charge is -2.25. The lowest BCUT2D eigenvalue weighted by molar-refractivity contribution is -0.384. The van der Waals surface area contributed by atoms with Gasteiger partial charge in [-0.15, -0.1) is 0 Å². The third kappa shape index (κ3) is 3.16. The van der Waals surface area contributed by atoms with Gasteiger partial charge in [0, 0.05) is 37.8 Å². The SMILES string of the molecule is CC(C1CC1)N(C)C(=O)c1ccc(N2CCCC2)c([N+](=O)[O-])c1. The van der Waals surface area contributed by atoms with Crippen molar-refractivity contribution in [3.63, 3.8) is 0 Å². The molecule has 0 N–H and O–H groups in total. The van der Waals surface area contributed by atoms with Gasteiger partial charge in [0.05, 0.1) is 4.92 Å². The second-order valence-corrected chi connectivity index (χ2v) is 6.65. The van der Waals surface area contributed by atoms with Crippen LogP contribution in [0.4, 0.5) is 11.4 Å². The standard InChI is InChI=1S/C17H23N3O3/c1-12(13-5-6-13)18(2)17(21)14-7-8-15(16(11-14)20(22)23)19-9-3-4-10-19/h7-8,11-13H,3-6,9-10H2,1-2H3. The van der Waals surface area contributed by atoms with E-state index in [4.69, 9.17) is 0 Å². The van der Waals surface area contributed by atoms with Crippen LogP contribution < -0.4 is 4.90 Å². The molecule has 1 aliphatic carbocycles. The van der Waals surface area contributed by atoms with Crippen molar-refractivity contribution < 1.29 is 9.72 Å². The number of anilines is 1. The summed E-state index contributed by atoms with van der Waals surface area (Å²) in [4.78, 5) is 27.4. The Morgan fingerprint density at radius 3 is 2.57 bits per heavy atom. The zero-order valence-electron chi connectivity index (χ0n) is 13.7. The van der Waals surface area contributed by atoms with Crippen LogP contribution in [0.3, 0.4) is 0 Å². The highest BCUT2D eigenvalue weighted by molar-refractivity contribution is 5.96. The van der Waals surface area contributed by atoms with Crippen molar-refractivity contribution in [1.82, 2.24) is 4.90 Å². The van der Waals surface area contributed by atoms with Crippen molar-refractivity contribution >= 4 is 17.3 Å². The van der Waals surface area contributed by atoms with Crippen LogP contribution in [0.15, 0.2) is 18.2 Å². The summed E-state index contributed by atoms with van der Waals surface area (Å²) in [6.45, 7) is 3.72. The molecule has 23 heavy (non-hydrogen) atoms. The molecule has 1 amide bonds. The summed E-state index contributed by atoms with van der Waals surface area (Å²) in [5.74, 6) is 0.434. The zero-order valence-corrected chi connectivity index (χ0v) is 13.7. The highest BCUT2D eigenvalue weighted by Gasteiger charge is 2.33. The Morgan fingerprint density at radius 1 is 1.35 bits per heavy atom. The van der Waals surface area contributed by atoms with Crippen LogP contribution in [0.5, 0.6) is 0 Å². The number of hydrogen-bond acceptors (Lipinski definition) is 4. The molecule has 1 heterocycles. The van der Waals surface area contributed by atoms with E-state index in [0.717, 1.165) is 38.8 Å². The summed E-state index contributed by atoms with van der Waals surface area (Å²) in [6.07, 6.45) is 4.43. The van der Waals surface area contributed by atoms with E-state index in [1.54, 1.807) is 24.1 Å². The molecule has 1 saturated heterocycles. The number of benzene rings is 1. The zero-order chi connectivity index (χ0) is 16.6. The molecule has 6 nitrogen and oxygen atoms in total. The van der Waals surface area contributed by atoms with Gasteiger partial charge in [-0.1, -0.05) is 0 Å². The predicted molar refractivity (Wildman–Crippen MR) is 88.8 cm³/mol. The largest absolute Gasteiger partial charge is 0.366 e. The minimum atomic E-state index is -0.380. The van der Waals surface area contributed by atoms with Gasteiger partial charge in [0.15, 0.2) is 0 Å². The van der Waals surface area contributed by atoms with Crippen molar-refractivity contribution in [2.24, 2.45) is 5.92 Å².